The van der Waals surface area contributed by atoms with E-state index in [9.17, 15) is 13.2 Å². The summed E-state index contributed by atoms with van der Waals surface area (Å²) in [5, 5.41) is 4.58. The van der Waals surface area contributed by atoms with E-state index < -0.39 is 27.3 Å². The van der Waals surface area contributed by atoms with Crippen molar-refractivity contribution in [1.29, 1.82) is 0 Å². The van der Waals surface area contributed by atoms with Crippen LogP contribution in [0.15, 0.2) is 24.3 Å². The molecule has 2 unspecified atom stereocenters. The summed E-state index contributed by atoms with van der Waals surface area (Å²) in [4.78, 5) is 11.8. The van der Waals surface area contributed by atoms with E-state index in [0.29, 0.717) is 11.4 Å². The zero-order valence-corrected chi connectivity index (χ0v) is 12.4. The number of amides is 2. The maximum absolute atomic E-state index is 11.8. The van der Waals surface area contributed by atoms with Gasteiger partial charge in [-0.3, -0.25) is 0 Å². The molecule has 20 heavy (non-hydrogen) atoms. The predicted molar refractivity (Wildman–Crippen MR) is 77.2 cm³/mol. The molecule has 0 radical (unpaired) electrons. The van der Waals surface area contributed by atoms with Gasteiger partial charge < -0.3 is 15.4 Å². The summed E-state index contributed by atoms with van der Waals surface area (Å²) in [7, 11) is -1.64. The van der Waals surface area contributed by atoms with Crippen LogP contribution in [0.3, 0.4) is 0 Å². The van der Waals surface area contributed by atoms with Gasteiger partial charge in [0.1, 0.15) is 5.75 Å². The standard InChI is InChI=1S/C12H15ClN2O4S/c1-19-9-4-2-3-8(5-9)14-12(16)15-11-7-20(17,18)6-10(11)13/h2-5,10-11H,6-7H2,1H3,(H2,14,15,16). The van der Waals surface area contributed by atoms with Crippen molar-refractivity contribution in [3.05, 3.63) is 24.3 Å². The number of benzene rings is 1. The molecule has 1 aliphatic heterocycles. The Kier molecular flexibility index (Phi) is 4.39. The Balaban J connectivity index is 1.96. The minimum absolute atomic E-state index is 0.112. The van der Waals surface area contributed by atoms with E-state index in [2.05, 4.69) is 10.6 Å². The van der Waals surface area contributed by atoms with Gasteiger partial charge in [-0.2, -0.15) is 0 Å². The van der Waals surface area contributed by atoms with Gasteiger partial charge >= 0.3 is 6.03 Å². The average Bonchev–Trinajstić information content (AvgIpc) is 2.62. The number of hydrogen-bond acceptors (Lipinski definition) is 4. The fourth-order valence-corrected chi connectivity index (χ4v) is 4.52. The molecule has 0 aliphatic carbocycles. The zero-order chi connectivity index (χ0) is 14.8. The van der Waals surface area contributed by atoms with Crippen molar-refractivity contribution in [3.8, 4) is 5.75 Å². The average molecular weight is 319 g/mol. The van der Waals surface area contributed by atoms with Crippen molar-refractivity contribution in [2.45, 2.75) is 11.4 Å². The predicted octanol–water partition coefficient (Wildman–Crippen LogP) is 1.22. The van der Waals surface area contributed by atoms with E-state index in [1.807, 2.05) is 0 Å². The van der Waals surface area contributed by atoms with Gasteiger partial charge in [0.2, 0.25) is 0 Å². The van der Waals surface area contributed by atoms with Crippen molar-refractivity contribution in [3.63, 3.8) is 0 Å². The highest BCUT2D eigenvalue weighted by atomic mass is 35.5. The Bertz CT molecular complexity index is 605. The molecule has 2 N–H and O–H groups in total. The summed E-state index contributed by atoms with van der Waals surface area (Å²) < 4.78 is 27.8. The molecule has 0 saturated carbocycles. The van der Waals surface area contributed by atoms with E-state index in [4.69, 9.17) is 16.3 Å². The molecular formula is C12H15ClN2O4S. The normalized spacial score (nSPS) is 24.1. The van der Waals surface area contributed by atoms with Crippen molar-refractivity contribution in [1.82, 2.24) is 5.32 Å². The van der Waals surface area contributed by atoms with Crippen LogP contribution in [0.2, 0.25) is 0 Å². The third kappa shape index (κ3) is 3.77. The number of rotatable bonds is 3. The molecule has 2 atom stereocenters. The molecule has 2 amide bonds. The molecule has 0 bridgehead atoms. The minimum Gasteiger partial charge on any atom is -0.497 e. The van der Waals surface area contributed by atoms with Gasteiger partial charge in [-0.25, -0.2) is 13.2 Å². The van der Waals surface area contributed by atoms with Gasteiger partial charge in [0.05, 0.1) is 30.0 Å². The topological polar surface area (TPSA) is 84.5 Å². The fourth-order valence-electron chi connectivity index (χ4n) is 1.97. The summed E-state index contributed by atoms with van der Waals surface area (Å²) in [5.74, 6) is 0.368. The van der Waals surface area contributed by atoms with Crippen LogP contribution in [0, 0.1) is 0 Å². The first kappa shape index (κ1) is 14.9. The lowest BCUT2D eigenvalue weighted by atomic mass is 10.2. The number of halogens is 1. The first-order valence-electron chi connectivity index (χ1n) is 5.96. The second-order valence-electron chi connectivity index (χ2n) is 4.53. The van der Waals surface area contributed by atoms with Crippen molar-refractivity contribution < 1.29 is 17.9 Å². The lowest BCUT2D eigenvalue weighted by molar-refractivity contribution is 0.249. The van der Waals surface area contributed by atoms with E-state index in [1.165, 1.54) is 7.11 Å². The summed E-state index contributed by atoms with van der Waals surface area (Å²) in [6, 6.07) is 5.77. The van der Waals surface area contributed by atoms with E-state index in [-0.39, 0.29) is 11.5 Å². The maximum Gasteiger partial charge on any atom is 0.319 e. The lowest BCUT2D eigenvalue weighted by Gasteiger charge is -2.15. The van der Waals surface area contributed by atoms with Gasteiger partial charge in [0, 0.05) is 11.8 Å². The van der Waals surface area contributed by atoms with Crippen LogP contribution >= 0.6 is 11.6 Å². The zero-order valence-electron chi connectivity index (χ0n) is 10.8. The first-order valence-corrected chi connectivity index (χ1v) is 8.21. The third-order valence-corrected chi connectivity index (χ3v) is 5.30. The number of sulfone groups is 1. The van der Waals surface area contributed by atoms with Crippen LogP contribution < -0.4 is 15.4 Å². The molecule has 0 spiro atoms. The summed E-state index contributed by atoms with van der Waals surface area (Å²) in [5.41, 5.74) is 0.550. The first-order chi connectivity index (χ1) is 9.39. The quantitative estimate of drug-likeness (QED) is 0.821. The van der Waals surface area contributed by atoms with Gasteiger partial charge in [0.25, 0.3) is 0 Å². The number of hydrogen-bond donors (Lipinski definition) is 2. The Morgan fingerprint density at radius 2 is 2.15 bits per heavy atom. The van der Waals surface area contributed by atoms with E-state index >= 15 is 0 Å². The smallest absolute Gasteiger partial charge is 0.319 e. The number of urea groups is 1. The van der Waals surface area contributed by atoms with Gasteiger partial charge in [-0.1, -0.05) is 6.07 Å². The number of nitrogens with one attached hydrogen (secondary N) is 2. The highest BCUT2D eigenvalue weighted by molar-refractivity contribution is 7.91. The fraction of sp³-hybridized carbons (Fsp3) is 0.417. The number of anilines is 1. The third-order valence-electron chi connectivity index (χ3n) is 2.93. The van der Waals surface area contributed by atoms with Gasteiger partial charge in [0.15, 0.2) is 9.84 Å². The molecule has 110 valence electrons. The lowest BCUT2D eigenvalue weighted by Crippen LogP contribution is -2.42. The highest BCUT2D eigenvalue weighted by Crippen LogP contribution is 2.19. The highest BCUT2D eigenvalue weighted by Gasteiger charge is 2.37. The van der Waals surface area contributed by atoms with Gasteiger partial charge in [-0.15, -0.1) is 11.6 Å². The van der Waals surface area contributed by atoms with Crippen LogP contribution in [0.1, 0.15) is 0 Å². The number of alkyl halides is 1. The second-order valence-corrected chi connectivity index (χ2v) is 7.24. The minimum atomic E-state index is -3.17. The van der Waals surface area contributed by atoms with Crippen LogP contribution in [0.4, 0.5) is 10.5 Å². The Morgan fingerprint density at radius 3 is 2.75 bits per heavy atom. The molecular weight excluding hydrogens is 304 g/mol. The molecule has 1 aromatic rings. The number of ether oxygens (including phenoxy) is 1. The summed E-state index contributed by atoms with van der Waals surface area (Å²) >= 11 is 5.92. The van der Waals surface area contributed by atoms with Crippen LogP contribution in [-0.2, 0) is 9.84 Å². The molecule has 2 rings (SSSR count). The second kappa shape index (κ2) is 5.88. The molecule has 1 aliphatic rings. The Morgan fingerprint density at radius 1 is 1.40 bits per heavy atom. The number of methoxy groups -OCH3 is 1. The summed E-state index contributed by atoms with van der Waals surface area (Å²) in [6.45, 7) is 0. The SMILES string of the molecule is COc1cccc(NC(=O)NC2CS(=O)(=O)CC2Cl)c1. The van der Waals surface area contributed by atoms with Crippen molar-refractivity contribution >= 4 is 33.2 Å². The van der Waals surface area contributed by atoms with E-state index in [0.717, 1.165) is 0 Å². The Labute approximate surface area is 122 Å². The van der Waals surface area contributed by atoms with Crippen LogP contribution in [0.25, 0.3) is 0 Å². The Hall–Kier alpha value is -1.47. The molecule has 1 heterocycles. The molecule has 0 aromatic heterocycles. The maximum atomic E-state index is 11.8. The molecule has 8 heteroatoms. The molecule has 6 nitrogen and oxygen atoms in total. The molecule has 1 fully saturated rings. The van der Waals surface area contributed by atoms with Crippen molar-refractivity contribution in [2.75, 3.05) is 23.9 Å². The molecule has 1 aromatic carbocycles. The van der Waals surface area contributed by atoms with Crippen molar-refractivity contribution in [2.24, 2.45) is 0 Å². The summed E-state index contributed by atoms with van der Waals surface area (Å²) in [6.07, 6.45) is 0. The van der Waals surface area contributed by atoms with Crippen LogP contribution in [0.5, 0.6) is 5.75 Å². The number of carbonyl (C=O) groups is 1. The molecule has 1 saturated heterocycles. The largest absolute Gasteiger partial charge is 0.497 e. The van der Waals surface area contributed by atoms with E-state index in [1.54, 1.807) is 24.3 Å². The number of carbonyl (C=O) groups excluding carboxylic acids is 1. The monoisotopic (exact) mass is 318 g/mol. The van der Waals surface area contributed by atoms with Crippen LogP contribution in [-0.4, -0.2) is 44.5 Å². The van der Waals surface area contributed by atoms with Gasteiger partial charge in [-0.05, 0) is 12.1 Å².